The molecule has 8 heteroatoms. The van der Waals surface area contributed by atoms with Gasteiger partial charge >= 0.3 is 11.8 Å². The summed E-state index contributed by atoms with van der Waals surface area (Å²) in [5.41, 5.74) is -0.284. The lowest BCUT2D eigenvalue weighted by atomic mass is 10.2. The summed E-state index contributed by atoms with van der Waals surface area (Å²) in [5, 5.41) is 2.38. The minimum absolute atomic E-state index is 0.205. The Kier molecular flexibility index (Phi) is 4.39. The maximum absolute atomic E-state index is 12.0. The fourth-order valence-corrected chi connectivity index (χ4v) is 1.70. The Morgan fingerprint density at radius 3 is 2.68 bits per heavy atom. The summed E-state index contributed by atoms with van der Waals surface area (Å²) >= 11 is 0. The lowest BCUT2D eigenvalue weighted by Crippen LogP contribution is -2.41. The number of carbonyl (C=O) groups is 1. The van der Waals surface area contributed by atoms with Crippen molar-refractivity contribution in [2.75, 3.05) is 6.54 Å². The van der Waals surface area contributed by atoms with Crippen LogP contribution in [0.3, 0.4) is 0 Å². The average molecular weight is 315 g/mol. The molecule has 0 aliphatic heterocycles. The number of alkyl halides is 3. The summed E-state index contributed by atoms with van der Waals surface area (Å²) in [4.78, 5) is 22.6. The maximum atomic E-state index is 12.0. The van der Waals surface area contributed by atoms with Gasteiger partial charge in [0, 0.05) is 17.5 Å². The van der Waals surface area contributed by atoms with E-state index in [9.17, 15) is 22.8 Å². The van der Waals surface area contributed by atoms with Crippen LogP contribution in [0.25, 0.3) is 11.0 Å². The van der Waals surface area contributed by atoms with Crippen LogP contribution in [0.1, 0.15) is 6.92 Å². The first-order valence-electron chi connectivity index (χ1n) is 6.30. The van der Waals surface area contributed by atoms with Crippen LogP contribution in [-0.4, -0.2) is 24.7 Å². The van der Waals surface area contributed by atoms with E-state index in [0.717, 1.165) is 0 Å². The quantitative estimate of drug-likeness (QED) is 0.879. The number of fused-ring (bicyclic) bond motifs is 1. The minimum Gasteiger partial charge on any atom is -0.481 e. The van der Waals surface area contributed by atoms with Crippen LogP contribution in [-0.2, 0) is 4.79 Å². The predicted molar refractivity (Wildman–Crippen MR) is 71.6 cm³/mol. The molecule has 0 bridgehead atoms. The van der Waals surface area contributed by atoms with Crippen molar-refractivity contribution >= 4 is 16.9 Å². The third-order valence-corrected chi connectivity index (χ3v) is 2.74. The van der Waals surface area contributed by atoms with Crippen LogP contribution in [0.4, 0.5) is 13.2 Å². The predicted octanol–water partition coefficient (Wildman–Crippen LogP) is 2.24. The van der Waals surface area contributed by atoms with E-state index in [1.807, 2.05) is 0 Å². The zero-order valence-corrected chi connectivity index (χ0v) is 11.4. The van der Waals surface area contributed by atoms with Crippen LogP contribution in [0, 0.1) is 0 Å². The lowest BCUT2D eigenvalue weighted by Gasteiger charge is -2.15. The molecule has 0 aliphatic rings. The van der Waals surface area contributed by atoms with E-state index in [4.69, 9.17) is 9.15 Å². The van der Waals surface area contributed by atoms with Gasteiger partial charge < -0.3 is 14.5 Å². The van der Waals surface area contributed by atoms with Gasteiger partial charge in [-0.25, -0.2) is 4.79 Å². The second-order valence-electron chi connectivity index (χ2n) is 4.55. The Bertz CT molecular complexity index is 739. The molecule has 1 amide bonds. The zero-order valence-electron chi connectivity index (χ0n) is 11.4. The smallest absolute Gasteiger partial charge is 0.405 e. The Morgan fingerprint density at radius 1 is 1.32 bits per heavy atom. The summed E-state index contributed by atoms with van der Waals surface area (Å²) in [6.45, 7) is -0.108. The van der Waals surface area contributed by atoms with Crippen molar-refractivity contribution in [3.8, 4) is 5.75 Å². The highest BCUT2D eigenvalue weighted by Gasteiger charge is 2.29. The van der Waals surface area contributed by atoms with E-state index in [1.54, 1.807) is 17.4 Å². The van der Waals surface area contributed by atoms with Crippen LogP contribution in [0.5, 0.6) is 5.75 Å². The number of ether oxygens (including phenoxy) is 1. The lowest BCUT2D eigenvalue weighted by molar-refractivity contribution is -0.142. The first-order valence-corrected chi connectivity index (χ1v) is 6.30. The summed E-state index contributed by atoms with van der Waals surface area (Å²) < 4.78 is 46.3. The van der Waals surface area contributed by atoms with Gasteiger partial charge in [-0.1, -0.05) is 0 Å². The third-order valence-electron chi connectivity index (χ3n) is 2.74. The Hall–Kier alpha value is -2.51. The van der Waals surface area contributed by atoms with E-state index in [0.29, 0.717) is 5.39 Å². The molecule has 0 saturated carbocycles. The first kappa shape index (κ1) is 15.9. The van der Waals surface area contributed by atoms with Gasteiger partial charge in [-0.15, -0.1) is 0 Å². The molecule has 118 valence electrons. The van der Waals surface area contributed by atoms with Crippen molar-refractivity contribution in [2.24, 2.45) is 0 Å². The van der Waals surface area contributed by atoms with Gasteiger partial charge in [0.2, 0.25) is 0 Å². The molecule has 1 atom stereocenters. The van der Waals surface area contributed by atoms with Crippen molar-refractivity contribution in [2.45, 2.75) is 19.2 Å². The summed E-state index contributed by atoms with van der Waals surface area (Å²) in [6, 6.07) is 7.34. The second-order valence-corrected chi connectivity index (χ2v) is 4.55. The third kappa shape index (κ3) is 4.24. The summed E-state index contributed by atoms with van der Waals surface area (Å²) in [5.74, 6) is -0.691. The molecule has 2 rings (SSSR count). The molecule has 0 spiro atoms. The molecule has 0 saturated heterocycles. The highest BCUT2D eigenvalue weighted by molar-refractivity contribution is 5.81. The van der Waals surface area contributed by atoms with Gasteiger partial charge in [0.05, 0.1) is 0 Å². The van der Waals surface area contributed by atoms with Gasteiger partial charge in [0.15, 0.2) is 6.10 Å². The molecule has 2 aromatic rings. The fourth-order valence-electron chi connectivity index (χ4n) is 1.70. The molecule has 1 heterocycles. The largest absolute Gasteiger partial charge is 0.481 e. The van der Waals surface area contributed by atoms with Crippen molar-refractivity contribution in [3.05, 3.63) is 40.8 Å². The second kappa shape index (κ2) is 6.08. The van der Waals surface area contributed by atoms with Gasteiger partial charge in [-0.3, -0.25) is 4.79 Å². The summed E-state index contributed by atoms with van der Waals surface area (Å²) in [6.07, 6.45) is -5.61. The first-order chi connectivity index (χ1) is 10.2. The fraction of sp³-hybridized carbons (Fsp3) is 0.286. The van der Waals surface area contributed by atoms with Crippen molar-refractivity contribution < 1.29 is 27.1 Å². The van der Waals surface area contributed by atoms with Crippen LogP contribution in [0.2, 0.25) is 0 Å². The van der Waals surface area contributed by atoms with E-state index in [2.05, 4.69) is 0 Å². The van der Waals surface area contributed by atoms with Crippen LogP contribution < -0.4 is 15.7 Å². The number of halogens is 3. The Morgan fingerprint density at radius 2 is 2.00 bits per heavy atom. The van der Waals surface area contributed by atoms with E-state index >= 15 is 0 Å². The van der Waals surface area contributed by atoms with E-state index in [-0.39, 0.29) is 11.3 Å². The highest BCUT2D eigenvalue weighted by Crippen LogP contribution is 2.20. The van der Waals surface area contributed by atoms with Crippen molar-refractivity contribution in [1.29, 1.82) is 0 Å². The zero-order chi connectivity index (χ0) is 16.3. The average Bonchev–Trinajstić information content (AvgIpc) is 2.43. The van der Waals surface area contributed by atoms with Gasteiger partial charge in [-0.05, 0) is 25.1 Å². The molecular weight excluding hydrogens is 303 g/mol. The molecule has 0 aliphatic carbocycles. The normalized spacial score (nSPS) is 12.9. The number of rotatable bonds is 4. The van der Waals surface area contributed by atoms with Crippen LogP contribution >= 0.6 is 0 Å². The van der Waals surface area contributed by atoms with E-state index < -0.39 is 30.4 Å². The van der Waals surface area contributed by atoms with Crippen LogP contribution in [0.15, 0.2) is 39.5 Å². The molecular formula is C14H12F3NO4. The van der Waals surface area contributed by atoms with Gasteiger partial charge in [0.25, 0.3) is 5.91 Å². The SMILES string of the molecule is CC(Oc1ccc2ccc(=O)oc2c1)C(=O)NCC(F)(F)F. The number of benzene rings is 1. The molecule has 5 nitrogen and oxygen atoms in total. The van der Waals surface area contributed by atoms with Gasteiger partial charge in [-0.2, -0.15) is 13.2 Å². The maximum Gasteiger partial charge on any atom is 0.405 e. The molecule has 1 aromatic carbocycles. The molecule has 1 aromatic heterocycles. The monoisotopic (exact) mass is 315 g/mol. The molecule has 1 unspecified atom stereocenters. The standard InChI is InChI=1S/C14H12F3NO4/c1-8(13(20)18-7-14(15,16)17)21-10-4-2-9-3-5-12(19)22-11(9)6-10/h2-6,8H,7H2,1H3,(H,18,20). The number of hydrogen-bond acceptors (Lipinski definition) is 4. The van der Waals surface area contributed by atoms with Crippen molar-refractivity contribution in [3.63, 3.8) is 0 Å². The molecule has 1 N–H and O–H groups in total. The van der Waals surface area contributed by atoms with Crippen molar-refractivity contribution in [1.82, 2.24) is 5.32 Å². The number of carbonyl (C=O) groups excluding carboxylic acids is 1. The minimum atomic E-state index is -4.48. The van der Waals surface area contributed by atoms with Gasteiger partial charge in [0.1, 0.15) is 17.9 Å². The molecule has 0 fully saturated rings. The topological polar surface area (TPSA) is 68.5 Å². The molecule has 22 heavy (non-hydrogen) atoms. The Labute approximate surface area is 122 Å². The summed E-state index contributed by atoms with van der Waals surface area (Å²) in [7, 11) is 0. The number of nitrogens with one attached hydrogen (secondary N) is 1. The van der Waals surface area contributed by atoms with E-state index in [1.165, 1.54) is 25.1 Å². The number of amides is 1. The Balaban J connectivity index is 2.06. The molecule has 0 radical (unpaired) electrons. The number of hydrogen-bond donors (Lipinski definition) is 1. The highest BCUT2D eigenvalue weighted by atomic mass is 19.4.